The van der Waals surface area contributed by atoms with Crippen molar-refractivity contribution in [2.45, 2.75) is 37.2 Å². The molecule has 1 atom stereocenters. The van der Waals surface area contributed by atoms with Crippen molar-refractivity contribution in [3.63, 3.8) is 0 Å². The van der Waals surface area contributed by atoms with Gasteiger partial charge in [0.15, 0.2) is 17.6 Å². The predicted molar refractivity (Wildman–Crippen MR) is 130 cm³/mol. The smallest absolute Gasteiger partial charge is 0.331 e. The van der Waals surface area contributed by atoms with Crippen LogP contribution < -0.4 is 14.8 Å². The Labute approximate surface area is 208 Å². The van der Waals surface area contributed by atoms with Gasteiger partial charge < -0.3 is 19.5 Å². The molecule has 2 aliphatic rings. The second-order valence-electron chi connectivity index (χ2n) is 8.12. The Balaban J connectivity index is 1.38. The van der Waals surface area contributed by atoms with E-state index in [-0.39, 0.29) is 22.4 Å². The van der Waals surface area contributed by atoms with Crippen LogP contribution in [0.3, 0.4) is 0 Å². The molecule has 1 saturated heterocycles. The topological polar surface area (TPSA) is 111 Å². The summed E-state index contributed by atoms with van der Waals surface area (Å²) in [4.78, 5) is 24.8. The number of hydrogen-bond acceptors (Lipinski definition) is 7. The van der Waals surface area contributed by atoms with Gasteiger partial charge in [-0.1, -0.05) is 24.1 Å². The van der Waals surface area contributed by atoms with E-state index in [0.29, 0.717) is 30.2 Å². The number of sulfonamides is 1. The zero-order valence-corrected chi connectivity index (χ0v) is 20.6. The molecule has 2 aliphatic heterocycles. The van der Waals surface area contributed by atoms with E-state index in [0.717, 1.165) is 19.3 Å². The predicted octanol–water partition coefficient (Wildman–Crippen LogP) is 3.83. The van der Waals surface area contributed by atoms with Crippen molar-refractivity contribution in [1.82, 2.24) is 4.31 Å². The second-order valence-corrected chi connectivity index (χ2v) is 10.5. The number of carbonyl (C=O) groups is 2. The second kappa shape index (κ2) is 10.7. The molecule has 1 unspecified atom stereocenters. The van der Waals surface area contributed by atoms with E-state index >= 15 is 0 Å². The van der Waals surface area contributed by atoms with Crippen LogP contribution in [0, 0.1) is 0 Å². The molecule has 2 heterocycles. The summed E-state index contributed by atoms with van der Waals surface area (Å²) in [5.74, 6) is -0.168. The summed E-state index contributed by atoms with van der Waals surface area (Å²) < 4.78 is 43.0. The lowest BCUT2D eigenvalue weighted by Gasteiger charge is -2.26. The fraction of sp³-hybridized carbons (Fsp3) is 0.333. The third-order valence-corrected chi connectivity index (χ3v) is 7.84. The standard InChI is InChI=1S/C24H25ClN2O7S/c1-16(34-23(28)10-6-17-5-9-21-22(13-17)33-15-32-21)24(29)26-20-14-18(7-8-19(20)25)35(30,31)27-11-3-2-4-12-27/h5-10,13-14,16H,2-4,11-12,15H2,1H3,(H,26,29)/b10-6+. The summed E-state index contributed by atoms with van der Waals surface area (Å²) in [6, 6.07) is 9.34. The number of halogens is 1. The van der Waals surface area contributed by atoms with Crippen LogP contribution in [0.25, 0.3) is 6.08 Å². The maximum atomic E-state index is 12.9. The minimum atomic E-state index is -3.70. The van der Waals surface area contributed by atoms with Crippen molar-refractivity contribution in [2.24, 2.45) is 0 Å². The van der Waals surface area contributed by atoms with Gasteiger partial charge in [0.2, 0.25) is 16.8 Å². The summed E-state index contributed by atoms with van der Waals surface area (Å²) >= 11 is 6.18. The maximum Gasteiger partial charge on any atom is 0.331 e. The Kier molecular flexibility index (Phi) is 7.63. The minimum absolute atomic E-state index is 0.0374. The zero-order chi connectivity index (χ0) is 25.0. The number of fused-ring (bicyclic) bond motifs is 1. The number of piperidine rings is 1. The minimum Gasteiger partial charge on any atom is -0.454 e. The van der Waals surface area contributed by atoms with E-state index in [4.69, 9.17) is 25.8 Å². The van der Waals surface area contributed by atoms with Crippen LogP contribution in [0.5, 0.6) is 11.5 Å². The molecular weight excluding hydrogens is 496 g/mol. The van der Waals surface area contributed by atoms with Crippen molar-refractivity contribution in [3.8, 4) is 11.5 Å². The highest BCUT2D eigenvalue weighted by atomic mass is 35.5. The van der Waals surface area contributed by atoms with Crippen LogP contribution in [0.15, 0.2) is 47.4 Å². The van der Waals surface area contributed by atoms with Gasteiger partial charge >= 0.3 is 5.97 Å². The molecule has 35 heavy (non-hydrogen) atoms. The molecule has 9 nitrogen and oxygen atoms in total. The van der Waals surface area contributed by atoms with Gasteiger partial charge in [-0.25, -0.2) is 13.2 Å². The average molecular weight is 521 g/mol. The van der Waals surface area contributed by atoms with Crippen molar-refractivity contribution in [2.75, 3.05) is 25.2 Å². The normalized spacial score (nSPS) is 16.7. The number of nitrogens with zero attached hydrogens (tertiary/aromatic N) is 1. The molecule has 0 saturated carbocycles. The molecule has 2 aromatic carbocycles. The maximum absolute atomic E-state index is 12.9. The van der Waals surface area contributed by atoms with Crippen molar-refractivity contribution in [1.29, 1.82) is 0 Å². The number of ether oxygens (including phenoxy) is 3. The fourth-order valence-electron chi connectivity index (χ4n) is 3.70. The zero-order valence-electron chi connectivity index (χ0n) is 19.0. The first-order valence-electron chi connectivity index (χ1n) is 11.1. The molecule has 4 rings (SSSR count). The van der Waals surface area contributed by atoms with Gasteiger partial charge in [0.05, 0.1) is 15.6 Å². The number of anilines is 1. The van der Waals surface area contributed by atoms with Gasteiger partial charge in [0, 0.05) is 19.2 Å². The third-order valence-electron chi connectivity index (χ3n) is 5.62. The fourth-order valence-corrected chi connectivity index (χ4v) is 5.41. The van der Waals surface area contributed by atoms with Gasteiger partial charge in [-0.2, -0.15) is 4.31 Å². The number of nitrogens with one attached hydrogen (secondary N) is 1. The molecular formula is C24H25ClN2O7S. The first-order chi connectivity index (χ1) is 16.7. The lowest BCUT2D eigenvalue weighted by Crippen LogP contribution is -2.35. The number of amides is 1. The molecule has 1 amide bonds. The van der Waals surface area contributed by atoms with Gasteiger partial charge in [0.25, 0.3) is 5.91 Å². The Morgan fingerprint density at radius 2 is 1.83 bits per heavy atom. The molecule has 0 spiro atoms. The summed E-state index contributed by atoms with van der Waals surface area (Å²) in [7, 11) is -3.70. The summed E-state index contributed by atoms with van der Waals surface area (Å²) in [5.41, 5.74) is 0.815. The van der Waals surface area contributed by atoms with Crippen molar-refractivity contribution in [3.05, 3.63) is 53.1 Å². The van der Waals surface area contributed by atoms with Crippen LogP contribution in [0.4, 0.5) is 5.69 Å². The molecule has 11 heteroatoms. The monoisotopic (exact) mass is 520 g/mol. The van der Waals surface area contributed by atoms with E-state index in [9.17, 15) is 18.0 Å². The molecule has 1 fully saturated rings. The summed E-state index contributed by atoms with van der Waals surface area (Å²) in [6.45, 7) is 2.47. The highest BCUT2D eigenvalue weighted by molar-refractivity contribution is 7.89. The van der Waals surface area contributed by atoms with Gasteiger partial charge in [-0.15, -0.1) is 0 Å². The quantitative estimate of drug-likeness (QED) is 0.436. The van der Waals surface area contributed by atoms with Crippen molar-refractivity contribution < 1.29 is 32.2 Å². The Morgan fingerprint density at radius 3 is 2.60 bits per heavy atom. The van der Waals surface area contributed by atoms with Crippen LogP contribution >= 0.6 is 11.6 Å². The molecule has 2 aromatic rings. The Hall–Kier alpha value is -3.08. The van der Waals surface area contributed by atoms with E-state index in [1.54, 1.807) is 18.2 Å². The number of esters is 1. The van der Waals surface area contributed by atoms with E-state index < -0.39 is 28.0 Å². The van der Waals surface area contributed by atoms with Crippen LogP contribution in [-0.2, 0) is 24.3 Å². The number of hydrogen-bond donors (Lipinski definition) is 1. The largest absolute Gasteiger partial charge is 0.454 e. The summed E-state index contributed by atoms with van der Waals surface area (Å²) in [5, 5.41) is 2.71. The molecule has 0 bridgehead atoms. The number of benzene rings is 2. The van der Waals surface area contributed by atoms with Crippen LogP contribution in [0.1, 0.15) is 31.7 Å². The SMILES string of the molecule is CC(OC(=O)/C=C/c1ccc2c(c1)OCO2)C(=O)Nc1cc(S(=O)(=O)N2CCCCC2)ccc1Cl. The highest BCUT2D eigenvalue weighted by Gasteiger charge is 2.27. The molecule has 0 aromatic heterocycles. The number of rotatable bonds is 7. The first-order valence-corrected chi connectivity index (χ1v) is 12.9. The molecule has 0 aliphatic carbocycles. The molecule has 1 N–H and O–H groups in total. The lowest BCUT2D eigenvalue weighted by molar-refractivity contribution is -0.148. The van der Waals surface area contributed by atoms with E-state index in [2.05, 4.69) is 5.32 Å². The lowest BCUT2D eigenvalue weighted by atomic mass is 10.2. The highest BCUT2D eigenvalue weighted by Crippen LogP contribution is 2.33. The molecule has 0 radical (unpaired) electrons. The Morgan fingerprint density at radius 1 is 1.09 bits per heavy atom. The third kappa shape index (κ3) is 5.95. The first kappa shape index (κ1) is 25.0. The van der Waals surface area contributed by atoms with Crippen LogP contribution in [0.2, 0.25) is 5.02 Å². The van der Waals surface area contributed by atoms with E-state index in [1.807, 2.05) is 0 Å². The number of carbonyl (C=O) groups excluding carboxylic acids is 2. The summed E-state index contributed by atoms with van der Waals surface area (Å²) in [6.07, 6.45) is 4.18. The van der Waals surface area contributed by atoms with Gasteiger partial charge in [0.1, 0.15) is 0 Å². The molecule has 186 valence electrons. The van der Waals surface area contributed by atoms with Gasteiger partial charge in [-0.3, -0.25) is 4.79 Å². The van der Waals surface area contributed by atoms with Gasteiger partial charge in [-0.05, 0) is 61.7 Å². The van der Waals surface area contributed by atoms with Crippen LogP contribution in [-0.4, -0.2) is 50.6 Å². The average Bonchev–Trinajstić information content (AvgIpc) is 3.32. The van der Waals surface area contributed by atoms with Crippen molar-refractivity contribution >= 4 is 45.3 Å². The van der Waals surface area contributed by atoms with E-state index in [1.165, 1.54) is 41.6 Å². The Bertz CT molecular complexity index is 1260.